The molecule has 0 spiro atoms. The summed E-state index contributed by atoms with van der Waals surface area (Å²) in [5.74, 6) is 1.43. The van der Waals surface area contributed by atoms with Crippen molar-refractivity contribution in [3.05, 3.63) is 47.5 Å². The number of aliphatic hydroxyl groups excluding tert-OH is 2. The van der Waals surface area contributed by atoms with E-state index in [0.29, 0.717) is 30.1 Å². The number of hydrogen-bond donors (Lipinski definition) is 3. The number of ether oxygens (including phenoxy) is 2. The number of hydrogen-bond acceptors (Lipinski definition) is 5. The topological polar surface area (TPSA) is 79.2 Å². The molecule has 0 aromatic heterocycles. The fourth-order valence-corrected chi connectivity index (χ4v) is 3.09. The molecule has 0 radical (unpaired) electrons. The third kappa shape index (κ3) is 4.24. The van der Waals surface area contributed by atoms with Crippen molar-refractivity contribution in [1.82, 2.24) is 0 Å². The summed E-state index contributed by atoms with van der Waals surface area (Å²) in [5.41, 5.74) is 1.90. The molecular formula is C20H24O5. The number of rotatable bonds is 1. The largest absolute Gasteiger partial charge is 0.504 e. The van der Waals surface area contributed by atoms with Crippen LogP contribution in [-0.2, 0) is 12.8 Å². The van der Waals surface area contributed by atoms with E-state index in [-0.39, 0.29) is 5.75 Å². The van der Waals surface area contributed by atoms with Gasteiger partial charge in [-0.1, -0.05) is 18.6 Å². The minimum Gasteiger partial charge on any atom is -0.504 e. The van der Waals surface area contributed by atoms with Gasteiger partial charge in [-0.25, -0.2) is 0 Å². The lowest BCUT2D eigenvalue weighted by Crippen LogP contribution is -2.27. The fraction of sp³-hybridized carbons (Fsp3) is 0.400. The van der Waals surface area contributed by atoms with Crippen LogP contribution in [-0.4, -0.2) is 34.6 Å². The van der Waals surface area contributed by atoms with Gasteiger partial charge in [-0.3, -0.25) is 0 Å². The molecule has 4 rings (SSSR count). The molecule has 2 atom stereocenters. The molecule has 2 aromatic rings. The van der Waals surface area contributed by atoms with Crippen molar-refractivity contribution in [2.75, 3.05) is 7.11 Å². The zero-order chi connectivity index (χ0) is 17.8. The van der Waals surface area contributed by atoms with Gasteiger partial charge in [0.15, 0.2) is 23.0 Å². The van der Waals surface area contributed by atoms with Gasteiger partial charge >= 0.3 is 0 Å². The summed E-state index contributed by atoms with van der Waals surface area (Å²) in [6, 6.07) is 10.7. The van der Waals surface area contributed by atoms with Crippen LogP contribution in [0.4, 0.5) is 0 Å². The summed E-state index contributed by atoms with van der Waals surface area (Å²) in [7, 11) is 1.59. The molecule has 0 saturated heterocycles. The van der Waals surface area contributed by atoms with Crippen molar-refractivity contribution in [2.45, 2.75) is 44.3 Å². The Kier molecular flexibility index (Phi) is 5.46. The number of aryl methyl sites for hydroxylation is 1. The van der Waals surface area contributed by atoms with Gasteiger partial charge in [-0.05, 0) is 54.7 Å². The molecule has 2 heterocycles. The molecule has 25 heavy (non-hydrogen) atoms. The Morgan fingerprint density at radius 3 is 2.56 bits per heavy atom. The third-order valence-electron chi connectivity index (χ3n) is 4.58. The second-order valence-corrected chi connectivity index (χ2v) is 6.47. The van der Waals surface area contributed by atoms with E-state index in [9.17, 15) is 15.3 Å². The number of phenols is 1. The molecule has 3 N–H and O–H groups in total. The molecule has 2 aliphatic rings. The van der Waals surface area contributed by atoms with Crippen LogP contribution < -0.4 is 9.47 Å². The summed E-state index contributed by atoms with van der Waals surface area (Å²) in [5, 5.41) is 30.5. The Hall–Kier alpha value is -2.24. The van der Waals surface area contributed by atoms with Crippen LogP contribution in [0.15, 0.2) is 36.4 Å². The van der Waals surface area contributed by atoms with Gasteiger partial charge in [0.25, 0.3) is 0 Å². The molecule has 0 amide bonds. The first kappa shape index (κ1) is 17.6. The van der Waals surface area contributed by atoms with E-state index in [0.717, 1.165) is 30.4 Å². The molecule has 134 valence electrons. The van der Waals surface area contributed by atoms with Crippen molar-refractivity contribution in [2.24, 2.45) is 0 Å². The molecule has 2 aliphatic heterocycles. The molecule has 2 unspecified atom stereocenters. The molecule has 0 saturated carbocycles. The number of methoxy groups -OCH3 is 1. The fourth-order valence-electron chi connectivity index (χ4n) is 3.09. The maximum Gasteiger partial charge on any atom is 0.169 e. The highest BCUT2D eigenvalue weighted by Gasteiger charge is 2.18. The monoisotopic (exact) mass is 344 g/mol. The van der Waals surface area contributed by atoms with Gasteiger partial charge in [0, 0.05) is 6.42 Å². The van der Waals surface area contributed by atoms with Crippen LogP contribution in [0, 0.1) is 0 Å². The second kappa shape index (κ2) is 7.76. The van der Waals surface area contributed by atoms with E-state index >= 15 is 0 Å². The summed E-state index contributed by atoms with van der Waals surface area (Å²) in [6.45, 7) is 0. The lowest BCUT2D eigenvalue weighted by Gasteiger charge is -2.18. The van der Waals surface area contributed by atoms with Crippen molar-refractivity contribution >= 4 is 0 Å². The van der Waals surface area contributed by atoms with Crippen molar-refractivity contribution in [1.29, 1.82) is 0 Å². The van der Waals surface area contributed by atoms with Crippen molar-refractivity contribution in [3.8, 4) is 23.0 Å². The first-order valence-corrected chi connectivity index (χ1v) is 8.59. The number of phenolic OH excluding ortho intramolecular Hbond substituents is 1. The molecule has 5 heteroatoms. The van der Waals surface area contributed by atoms with Gasteiger partial charge in [-0.15, -0.1) is 0 Å². The van der Waals surface area contributed by atoms with E-state index in [2.05, 4.69) is 0 Å². The summed E-state index contributed by atoms with van der Waals surface area (Å²) >= 11 is 0. The minimum atomic E-state index is -0.842. The molecule has 4 bridgehead atoms. The average Bonchev–Trinajstić information content (AvgIpc) is 2.62. The molecule has 5 nitrogen and oxygen atoms in total. The van der Waals surface area contributed by atoms with Gasteiger partial charge in [0.05, 0.1) is 19.3 Å². The number of aliphatic hydroxyl groups is 2. The standard InChI is InChI=1S/C20H24O5/c1-24-20-11-13-4-2-3-5-15(21)17(23)10-14-6-8-16(22)19(12-14)25-18(20)9-7-13/h6-9,11-12,15,17,21-23H,2-5,10H2,1H3. The Morgan fingerprint density at radius 1 is 0.960 bits per heavy atom. The van der Waals surface area contributed by atoms with Gasteiger partial charge in [-0.2, -0.15) is 0 Å². The summed E-state index contributed by atoms with van der Waals surface area (Å²) in [4.78, 5) is 0. The second-order valence-electron chi connectivity index (χ2n) is 6.47. The van der Waals surface area contributed by atoms with Gasteiger partial charge in [0.2, 0.25) is 0 Å². The highest BCUT2D eigenvalue weighted by atomic mass is 16.5. The Balaban J connectivity index is 1.98. The van der Waals surface area contributed by atoms with E-state index in [4.69, 9.17) is 9.47 Å². The highest BCUT2D eigenvalue weighted by Crippen LogP contribution is 2.37. The molecule has 0 aliphatic carbocycles. The Bertz CT molecular complexity index is 728. The molecule has 2 aromatic carbocycles. The normalized spacial score (nSPS) is 21.1. The lowest BCUT2D eigenvalue weighted by molar-refractivity contribution is 0.0138. The van der Waals surface area contributed by atoms with Crippen LogP contribution in [0.5, 0.6) is 23.0 Å². The van der Waals surface area contributed by atoms with Crippen LogP contribution in [0.3, 0.4) is 0 Å². The Labute approximate surface area is 147 Å². The van der Waals surface area contributed by atoms with Crippen LogP contribution in [0.2, 0.25) is 0 Å². The summed E-state index contributed by atoms with van der Waals surface area (Å²) in [6.07, 6.45) is 1.86. The molecular weight excluding hydrogens is 320 g/mol. The number of fused-ring (bicyclic) bond motifs is 8. The lowest BCUT2D eigenvalue weighted by atomic mass is 9.98. The zero-order valence-electron chi connectivity index (χ0n) is 14.3. The average molecular weight is 344 g/mol. The van der Waals surface area contributed by atoms with Crippen LogP contribution in [0.25, 0.3) is 0 Å². The molecule has 0 fully saturated rings. The van der Waals surface area contributed by atoms with Crippen LogP contribution in [0.1, 0.15) is 30.4 Å². The van der Waals surface area contributed by atoms with Crippen molar-refractivity contribution in [3.63, 3.8) is 0 Å². The quantitative estimate of drug-likeness (QED) is 0.740. The maximum absolute atomic E-state index is 10.2. The van der Waals surface area contributed by atoms with E-state index in [1.54, 1.807) is 19.2 Å². The zero-order valence-corrected chi connectivity index (χ0v) is 14.3. The van der Waals surface area contributed by atoms with Crippen LogP contribution >= 0.6 is 0 Å². The van der Waals surface area contributed by atoms with Crippen molar-refractivity contribution < 1.29 is 24.8 Å². The SMILES string of the molecule is COc1cc2ccc1Oc1cc(ccc1O)CC(O)C(O)CCCC2. The Morgan fingerprint density at radius 2 is 1.76 bits per heavy atom. The number of aromatic hydroxyl groups is 1. The van der Waals surface area contributed by atoms with E-state index < -0.39 is 12.2 Å². The smallest absolute Gasteiger partial charge is 0.169 e. The number of benzene rings is 2. The predicted molar refractivity (Wildman–Crippen MR) is 94.4 cm³/mol. The first-order valence-electron chi connectivity index (χ1n) is 8.59. The minimum absolute atomic E-state index is 0.00855. The summed E-state index contributed by atoms with van der Waals surface area (Å²) < 4.78 is 11.3. The van der Waals surface area contributed by atoms with Gasteiger partial charge < -0.3 is 24.8 Å². The van der Waals surface area contributed by atoms with E-state index in [1.807, 2.05) is 18.2 Å². The third-order valence-corrected chi connectivity index (χ3v) is 4.58. The van der Waals surface area contributed by atoms with Gasteiger partial charge in [0.1, 0.15) is 0 Å². The maximum atomic E-state index is 10.2. The first-order chi connectivity index (χ1) is 12.1. The highest BCUT2D eigenvalue weighted by molar-refractivity contribution is 5.49. The predicted octanol–water partition coefficient (Wildman–Crippen LogP) is 3.18. The van der Waals surface area contributed by atoms with E-state index in [1.165, 1.54) is 6.07 Å².